The molecule has 6 atom stereocenters. The average molecular weight is 544 g/mol. The number of rotatable bonds is 8. The Hall–Kier alpha value is -1.16. The van der Waals surface area contributed by atoms with Crippen molar-refractivity contribution in [2.24, 2.45) is 17.8 Å². The van der Waals surface area contributed by atoms with Crippen molar-refractivity contribution < 1.29 is 33.0 Å². The lowest BCUT2D eigenvalue weighted by Gasteiger charge is -2.44. The van der Waals surface area contributed by atoms with Crippen molar-refractivity contribution in [2.75, 3.05) is 13.7 Å². The zero-order chi connectivity index (χ0) is 28.4. The molecule has 2 fully saturated rings. The van der Waals surface area contributed by atoms with Crippen molar-refractivity contribution in [3.63, 3.8) is 0 Å². The molecule has 2 aliphatic rings. The number of carbonyl (C=O) groups is 2. The largest absolute Gasteiger partial charge is 0.467 e. The lowest BCUT2D eigenvalue weighted by Crippen LogP contribution is -2.48. The van der Waals surface area contributed by atoms with E-state index in [1.165, 1.54) is 7.11 Å². The quantitative estimate of drug-likeness (QED) is 0.295. The van der Waals surface area contributed by atoms with Crippen molar-refractivity contribution in [1.29, 1.82) is 0 Å². The van der Waals surface area contributed by atoms with E-state index in [-0.39, 0.29) is 23.5 Å². The topological polar surface area (TPSA) is 92.3 Å². The Morgan fingerprint density at radius 1 is 1.05 bits per heavy atom. The smallest absolute Gasteiger partial charge is 0.408 e. The SMILES string of the molecule is COC(=O)[C@@H](C[C@H]1O[C@]2(C[C@H](C)CC[C@H]2C(C)C)O[C@H]1CO[Si](C)(C)C(C)(C)C)NC(=O)OC(C)(C)C. The predicted molar refractivity (Wildman–Crippen MR) is 147 cm³/mol. The molecule has 0 aromatic heterocycles. The van der Waals surface area contributed by atoms with Crippen LogP contribution in [-0.2, 0) is 28.2 Å². The first-order chi connectivity index (χ1) is 16.8. The predicted octanol–water partition coefficient (Wildman–Crippen LogP) is 6.04. The van der Waals surface area contributed by atoms with Gasteiger partial charge in [0.25, 0.3) is 0 Å². The summed E-state index contributed by atoms with van der Waals surface area (Å²) in [4.78, 5) is 25.3. The molecule has 1 amide bonds. The first-order valence-electron chi connectivity index (χ1n) is 13.9. The maximum Gasteiger partial charge on any atom is 0.408 e. The van der Waals surface area contributed by atoms with Crippen LogP contribution < -0.4 is 5.32 Å². The molecule has 1 saturated heterocycles. The third-order valence-corrected chi connectivity index (χ3v) is 12.6. The fourth-order valence-electron chi connectivity index (χ4n) is 5.11. The number of hydrogen-bond acceptors (Lipinski definition) is 7. The summed E-state index contributed by atoms with van der Waals surface area (Å²) in [5, 5.41) is 2.75. The highest BCUT2D eigenvalue weighted by Crippen LogP contribution is 2.50. The van der Waals surface area contributed by atoms with Crippen LogP contribution in [0.25, 0.3) is 0 Å². The van der Waals surface area contributed by atoms with Gasteiger partial charge in [-0.1, -0.05) is 48.0 Å². The number of nitrogens with one attached hydrogen (secondary N) is 1. The van der Waals surface area contributed by atoms with Gasteiger partial charge in [0.2, 0.25) is 0 Å². The van der Waals surface area contributed by atoms with Crippen LogP contribution in [0.4, 0.5) is 4.79 Å². The Morgan fingerprint density at radius 2 is 1.65 bits per heavy atom. The second kappa shape index (κ2) is 11.9. The van der Waals surface area contributed by atoms with Gasteiger partial charge in [0, 0.05) is 18.8 Å². The summed E-state index contributed by atoms with van der Waals surface area (Å²) >= 11 is 0. The zero-order valence-electron chi connectivity index (χ0n) is 25.4. The molecule has 37 heavy (non-hydrogen) atoms. The Labute approximate surface area is 226 Å². The lowest BCUT2D eigenvalue weighted by atomic mass is 9.73. The molecule has 1 aliphatic carbocycles. The van der Waals surface area contributed by atoms with Gasteiger partial charge in [-0.2, -0.15) is 0 Å². The fourth-order valence-corrected chi connectivity index (χ4v) is 6.13. The Balaban J connectivity index is 2.34. The number of alkyl carbamates (subject to hydrolysis) is 1. The third-order valence-electron chi connectivity index (χ3n) is 8.15. The standard InChI is InChI=1S/C28H53NO7Si/c1-18(2)20-14-13-19(3)16-28(20)34-22(23(35-28)17-33-37(11,12)27(7,8)9)15-21(24(30)32-10)29-25(31)36-26(4,5)6/h18-23H,13-17H2,1-12H3,(H,29,31)/t19-,20+,21-,22-,23+,28-/m1/s1. The van der Waals surface area contributed by atoms with E-state index in [1.54, 1.807) is 20.8 Å². The molecule has 8 nitrogen and oxygen atoms in total. The molecule has 2 rings (SSSR count). The van der Waals surface area contributed by atoms with Gasteiger partial charge in [0.15, 0.2) is 14.1 Å². The Bertz CT molecular complexity index is 788. The molecule has 1 spiro atoms. The molecule has 1 N–H and O–H groups in total. The summed E-state index contributed by atoms with van der Waals surface area (Å²) in [7, 11) is -0.739. The van der Waals surface area contributed by atoms with E-state index in [4.69, 9.17) is 23.4 Å². The first-order valence-corrected chi connectivity index (χ1v) is 16.8. The Kier molecular flexibility index (Phi) is 10.3. The minimum atomic E-state index is -2.05. The van der Waals surface area contributed by atoms with E-state index in [1.807, 2.05) is 0 Å². The van der Waals surface area contributed by atoms with Gasteiger partial charge in [0.05, 0.1) is 19.8 Å². The van der Waals surface area contributed by atoms with Gasteiger partial charge in [-0.05, 0) is 57.2 Å². The molecule has 0 aromatic rings. The molecular formula is C28H53NO7Si. The van der Waals surface area contributed by atoms with Crippen LogP contribution >= 0.6 is 0 Å². The molecular weight excluding hydrogens is 490 g/mol. The molecule has 0 unspecified atom stereocenters. The highest BCUT2D eigenvalue weighted by molar-refractivity contribution is 6.74. The van der Waals surface area contributed by atoms with Crippen molar-refractivity contribution >= 4 is 20.4 Å². The highest BCUT2D eigenvalue weighted by Gasteiger charge is 2.56. The monoisotopic (exact) mass is 543 g/mol. The van der Waals surface area contributed by atoms with Crippen molar-refractivity contribution in [3.8, 4) is 0 Å². The van der Waals surface area contributed by atoms with Gasteiger partial charge >= 0.3 is 12.1 Å². The average Bonchev–Trinajstić information content (AvgIpc) is 3.05. The summed E-state index contributed by atoms with van der Waals surface area (Å²) in [6.07, 6.45) is 1.68. The van der Waals surface area contributed by atoms with Crippen molar-refractivity contribution in [3.05, 3.63) is 0 Å². The first kappa shape index (κ1) is 32.1. The van der Waals surface area contributed by atoms with Crippen molar-refractivity contribution in [2.45, 2.75) is 136 Å². The van der Waals surface area contributed by atoms with E-state index in [0.29, 0.717) is 18.4 Å². The van der Waals surface area contributed by atoms with Crippen LogP contribution in [-0.4, -0.2) is 63.7 Å². The zero-order valence-corrected chi connectivity index (χ0v) is 26.4. The highest BCUT2D eigenvalue weighted by atomic mass is 28.4. The number of carbonyl (C=O) groups excluding carboxylic acids is 2. The summed E-state index contributed by atoms with van der Waals surface area (Å²) in [5.41, 5.74) is -0.690. The third kappa shape index (κ3) is 8.41. The summed E-state index contributed by atoms with van der Waals surface area (Å²) in [6, 6.07) is -0.933. The van der Waals surface area contributed by atoms with E-state index in [2.05, 4.69) is 60.0 Å². The molecule has 0 bridgehead atoms. The van der Waals surface area contributed by atoms with Crippen LogP contribution in [0, 0.1) is 17.8 Å². The molecule has 1 saturated carbocycles. The van der Waals surface area contributed by atoms with Gasteiger partial charge in [0.1, 0.15) is 17.7 Å². The number of ether oxygens (including phenoxy) is 4. The second-order valence-corrected chi connectivity index (χ2v) is 18.7. The molecule has 1 aliphatic heterocycles. The molecule has 1 heterocycles. The molecule has 9 heteroatoms. The molecule has 0 aromatic carbocycles. The van der Waals surface area contributed by atoms with E-state index < -0.39 is 43.9 Å². The summed E-state index contributed by atoms with van der Waals surface area (Å²) in [6.45, 7) is 23.4. The van der Waals surface area contributed by atoms with Crippen LogP contribution in [0.1, 0.15) is 88.0 Å². The lowest BCUT2D eigenvalue weighted by molar-refractivity contribution is -0.245. The fraction of sp³-hybridized carbons (Fsp3) is 0.929. The maximum atomic E-state index is 12.7. The van der Waals surface area contributed by atoms with Gasteiger partial charge in [-0.25, -0.2) is 9.59 Å². The van der Waals surface area contributed by atoms with Gasteiger partial charge in [-0.3, -0.25) is 0 Å². The number of esters is 1. The number of methoxy groups -OCH3 is 1. The molecule has 216 valence electrons. The Morgan fingerprint density at radius 3 is 2.16 bits per heavy atom. The van der Waals surface area contributed by atoms with Gasteiger partial charge in [-0.15, -0.1) is 0 Å². The normalized spacial score (nSPS) is 29.9. The summed E-state index contributed by atoms with van der Waals surface area (Å²) in [5.74, 6) is -0.197. The minimum absolute atomic E-state index is 0.0479. The number of hydrogen-bond donors (Lipinski definition) is 1. The van der Waals surface area contributed by atoms with Gasteiger partial charge < -0.3 is 28.7 Å². The maximum absolute atomic E-state index is 12.7. The minimum Gasteiger partial charge on any atom is -0.467 e. The van der Waals surface area contributed by atoms with Crippen LogP contribution in [0.15, 0.2) is 0 Å². The summed E-state index contributed by atoms with van der Waals surface area (Å²) < 4.78 is 30.7. The van der Waals surface area contributed by atoms with E-state index >= 15 is 0 Å². The van der Waals surface area contributed by atoms with Crippen LogP contribution in [0.2, 0.25) is 18.1 Å². The van der Waals surface area contributed by atoms with Crippen LogP contribution in [0.3, 0.4) is 0 Å². The van der Waals surface area contributed by atoms with Crippen LogP contribution in [0.5, 0.6) is 0 Å². The molecule has 0 radical (unpaired) electrons. The second-order valence-electron chi connectivity index (χ2n) is 13.9. The van der Waals surface area contributed by atoms with E-state index in [0.717, 1.165) is 19.3 Å². The van der Waals surface area contributed by atoms with E-state index in [9.17, 15) is 9.59 Å². The number of amides is 1. The van der Waals surface area contributed by atoms with Crippen molar-refractivity contribution in [1.82, 2.24) is 5.32 Å².